The molecule has 4 aliphatic carbocycles. The highest BCUT2D eigenvalue weighted by molar-refractivity contribution is 6.13. The summed E-state index contributed by atoms with van der Waals surface area (Å²) in [7, 11) is 0. The maximum Gasteiger partial charge on any atom is 0.372 e. The van der Waals surface area contributed by atoms with Gasteiger partial charge in [0.05, 0.1) is 21.6 Å². The van der Waals surface area contributed by atoms with Crippen molar-refractivity contribution in [3.05, 3.63) is 67.8 Å². The molecular formula is C20H17N3O7. The van der Waals surface area contributed by atoms with Crippen LogP contribution in [-0.2, 0) is 9.63 Å². The summed E-state index contributed by atoms with van der Waals surface area (Å²) in [6, 6.07) is 2.66. The van der Waals surface area contributed by atoms with Crippen LogP contribution < -0.4 is 0 Å². The van der Waals surface area contributed by atoms with Gasteiger partial charge in [-0.25, -0.2) is 4.79 Å². The zero-order valence-corrected chi connectivity index (χ0v) is 15.9. The van der Waals surface area contributed by atoms with Crippen LogP contribution in [0.1, 0.15) is 30.1 Å². The quantitative estimate of drug-likeness (QED) is 0.320. The Morgan fingerprint density at radius 3 is 2.37 bits per heavy atom. The molecule has 0 radical (unpaired) electrons. The Balaban J connectivity index is 1.64. The van der Waals surface area contributed by atoms with Crippen molar-refractivity contribution < 1.29 is 24.3 Å². The number of oxime groups is 1. The van der Waals surface area contributed by atoms with E-state index in [4.69, 9.17) is 4.84 Å². The van der Waals surface area contributed by atoms with Gasteiger partial charge >= 0.3 is 5.97 Å². The van der Waals surface area contributed by atoms with Gasteiger partial charge in [0.1, 0.15) is 5.56 Å². The third-order valence-corrected chi connectivity index (χ3v) is 5.99. The highest BCUT2D eigenvalue weighted by Gasteiger charge is 2.48. The molecule has 0 aromatic heterocycles. The Hall–Kier alpha value is -3.69. The Kier molecular flexibility index (Phi) is 4.76. The van der Waals surface area contributed by atoms with Crippen molar-refractivity contribution in [3.8, 4) is 0 Å². The third kappa shape index (κ3) is 3.19. The summed E-state index contributed by atoms with van der Waals surface area (Å²) in [6.07, 6.45) is 7.55. The van der Waals surface area contributed by atoms with Crippen molar-refractivity contribution in [2.24, 2.45) is 28.8 Å². The molecule has 154 valence electrons. The lowest BCUT2D eigenvalue weighted by Crippen LogP contribution is -2.47. The molecule has 0 N–H and O–H groups in total. The zero-order valence-electron chi connectivity index (χ0n) is 15.9. The Labute approximate surface area is 170 Å². The number of ketones is 1. The van der Waals surface area contributed by atoms with Crippen LogP contribution in [0.3, 0.4) is 0 Å². The number of rotatable bonds is 4. The van der Waals surface area contributed by atoms with Crippen LogP contribution in [0.2, 0.25) is 0 Å². The van der Waals surface area contributed by atoms with E-state index in [1.807, 2.05) is 0 Å². The third-order valence-electron chi connectivity index (χ3n) is 5.99. The standard InChI is InChI=1S/C20H17N3O7/c1-10-8-15(17-11-2-4-12(5-3-11)18(17)19(10)24)21-30-20(25)14-7-6-13(22(26)27)9-16(14)23(28)29/h2,4,6-9,11-12,17-18H,3,5H2,1H3/b21-15-/t11-,12-,17+,18+/m0/s1. The highest BCUT2D eigenvalue weighted by Crippen LogP contribution is 2.48. The average Bonchev–Trinajstić information content (AvgIpc) is 2.74. The first-order chi connectivity index (χ1) is 14.3. The van der Waals surface area contributed by atoms with Crippen LogP contribution in [0.15, 0.2) is 47.2 Å². The molecule has 2 bridgehead atoms. The van der Waals surface area contributed by atoms with Gasteiger partial charge in [-0.3, -0.25) is 25.0 Å². The number of nitro benzene ring substituents is 2. The van der Waals surface area contributed by atoms with Gasteiger partial charge < -0.3 is 4.84 Å². The number of carbonyl (C=O) groups is 2. The lowest BCUT2D eigenvalue weighted by molar-refractivity contribution is -0.394. The fourth-order valence-electron chi connectivity index (χ4n) is 4.59. The molecule has 1 aromatic carbocycles. The normalized spacial score (nSPS) is 28.1. The molecule has 30 heavy (non-hydrogen) atoms. The fourth-order valence-corrected chi connectivity index (χ4v) is 4.59. The van der Waals surface area contributed by atoms with Gasteiger partial charge in [0.15, 0.2) is 5.78 Å². The number of carbonyl (C=O) groups excluding carboxylic acids is 2. The van der Waals surface area contributed by atoms with Crippen LogP contribution in [0.5, 0.6) is 0 Å². The second-order valence-corrected chi connectivity index (χ2v) is 7.64. The summed E-state index contributed by atoms with van der Waals surface area (Å²) < 4.78 is 0. The number of allylic oxidation sites excluding steroid dienone is 4. The molecule has 4 aliphatic rings. The second-order valence-electron chi connectivity index (χ2n) is 7.64. The van der Waals surface area contributed by atoms with Crippen molar-refractivity contribution in [1.82, 2.24) is 0 Å². The Morgan fingerprint density at radius 1 is 1.10 bits per heavy atom. The number of non-ortho nitro benzene ring substituents is 1. The molecular weight excluding hydrogens is 394 g/mol. The van der Waals surface area contributed by atoms with Gasteiger partial charge in [-0.05, 0) is 49.3 Å². The van der Waals surface area contributed by atoms with Crippen molar-refractivity contribution in [2.45, 2.75) is 19.8 Å². The van der Waals surface area contributed by atoms with E-state index in [9.17, 15) is 29.8 Å². The molecule has 1 fully saturated rings. The summed E-state index contributed by atoms with van der Waals surface area (Å²) in [4.78, 5) is 50.5. The largest absolute Gasteiger partial charge is 0.372 e. The number of benzene rings is 1. The number of nitro groups is 2. The number of nitrogens with zero attached hydrogens (tertiary/aromatic N) is 3. The van der Waals surface area contributed by atoms with Crippen molar-refractivity contribution in [2.75, 3.05) is 0 Å². The minimum absolute atomic E-state index is 0.0651. The average molecular weight is 411 g/mol. The maximum atomic E-state index is 12.7. The molecule has 0 unspecified atom stereocenters. The summed E-state index contributed by atoms with van der Waals surface area (Å²) in [6.45, 7) is 1.68. The molecule has 10 heteroatoms. The summed E-state index contributed by atoms with van der Waals surface area (Å²) in [5.74, 6) is -1.25. The predicted molar refractivity (Wildman–Crippen MR) is 104 cm³/mol. The molecule has 0 saturated heterocycles. The van der Waals surface area contributed by atoms with Crippen LogP contribution in [0.4, 0.5) is 11.4 Å². The predicted octanol–water partition coefficient (Wildman–Crippen LogP) is 3.37. The number of Topliss-reactive ketones (excluding diaryl/α,β-unsaturated/α-hetero) is 1. The molecule has 4 atom stereocenters. The summed E-state index contributed by atoms with van der Waals surface area (Å²) >= 11 is 0. The molecule has 0 heterocycles. The minimum atomic E-state index is -1.10. The second kappa shape index (κ2) is 7.29. The SMILES string of the molecule is CC1=C/C(=N/OC(=O)c2ccc([N+](=O)[O-])cc2[N+](=O)[O-])[C@@H]2[C@H](C1=O)[C@H]1C=C[C@H]2CC1. The monoisotopic (exact) mass is 411 g/mol. The smallest absolute Gasteiger partial charge is 0.312 e. The van der Waals surface area contributed by atoms with E-state index < -0.39 is 32.8 Å². The first-order valence-electron chi connectivity index (χ1n) is 9.41. The van der Waals surface area contributed by atoms with Gasteiger partial charge in [-0.15, -0.1) is 0 Å². The van der Waals surface area contributed by atoms with Gasteiger partial charge in [0, 0.05) is 17.9 Å². The van der Waals surface area contributed by atoms with Crippen molar-refractivity contribution in [3.63, 3.8) is 0 Å². The summed E-state index contributed by atoms with van der Waals surface area (Å²) in [5, 5.41) is 26.0. The molecule has 10 nitrogen and oxygen atoms in total. The number of hydrogen-bond donors (Lipinski definition) is 0. The molecule has 5 rings (SSSR count). The molecule has 0 aliphatic heterocycles. The lowest BCUT2D eigenvalue weighted by atomic mass is 9.57. The van der Waals surface area contributed by atoms with E-state index in [0.717, 1.165) is 25.0 Å². The number of fused-ring (bicyclic) bond motifs is 1. The zero-order chi connectivity index (χ0) is 21.6. The Morgan fingerprint density at radius 2 is 1.77 bits per heavy atom. The maximum absolute atomic E-state index is 12.7. The molecule has 1 aromatic rings. The van der Waals surface area contributed by atoms with E-state index in [1.54, 1.807) is 13.0 Å². The van der Waals surface area contributed by atoms with E-state index in [0.29, 0.717) is 17.4 Å². The topological polar surface area (TPSA) is 142 Å². The van der Waals surface area contributed by atoms with E-state index >= 15 is 0 Å². The Bertz CT molecular complexity index is 1070. The van der Waals surface area contributed by atoms with Crippen LogP contribution in [-0.4, -0.2) is 27.3 Å². The van der Waals surface area contributed by atoms with Crippen LogP contribution >= 0.6 is 0 Å². The van der Waals surface area contributed by atoms with Crippen LogP contribution in [0, 0.1) is 43.9 Å². The van der Waals surface area contributed by atoms with Gasteiger partial charge in [0.25, 0.3) is 11.4 Å². The first kappa shape index (κ1) is 19.6. The summed E-state index contributed by atoms with van der Waals surface area (Å²) in [5.41, 5.74) is -0.717. The molecule has 0 amide bonds. The molecule has 1 saturated carbocycles. The first-order valence-corrected chi connectivity index (χ1v) is 9.41. The van der Waals surface area contributed by atoms with E-state index in [2.05, 4.69) is 17.3 Å². The van der Waals surface area contributed by atoms with Crippen molar-refractivity contribution in [1.29, 1.82) is 0 Å². The van der Waals surface area contributed by atoms with Crippen molar-refractivity contribution >= 4 is 28.8 Å². The number of hydrogen-bond acceptors (Lipinski definition) is 8. The van der Waals surface area contributed by atoms with E-state index in [-0.39, 0.29) is 29.5 Å². The van der Waals surface area contributed by atoms with Crippen LogP contribution in [0.25, 0.3) is 0 Å². The van der Waals surface area contributed by atoms with Gasteiger partial charge in [0.2, 0.25) is 0 Å². The van der Waals surface area contributed by atoms with E-state index in [1.165, 1.54) is 0 Å². The lowest BCUT2D eigenvalue weighted by Gasteiger charge is -2.45. The minimum Gasteiger partial charge on any atom is -0.312 e. The van der Waals surface area contributed by atoms with Gasteiger partial charge in [-0.2, -0.15) is 0 Å². The van der Waals surface area contributed by atoms with Gasteiger partial charge in [-0.1, -0.05) is 17.3 Å². The molecule has 0 spiro atoms. The highest BCUT2D eigenvalue weighted by atomic mass is 16.7. The fraction of sp³-hybridized carbons (Fsp3) is 0.350.